The molecule has 1 aliphatic rings. The van der Waals surface area contributed by atoms with Crippen LogP contribution >= 0.6 is 0 Å². The summed E-state index contributed by atoms with van der Waals surface area (Å²) in [6, 6.07) is 0. The minimum absolute atomic E-state index is 0.0634. The fourth-order valence-corrected chi connectivity index (χ4v) is 1.31. The molecule has 3 unspecified atom stereocenters. The molecule has 0 amide bonds. The number of carbonyl (C=O) groups is 1. The van der Waals surface area contributed by atoms with Crippen LogP contribution in [0.1, 0.15) is 19.8 Å². The molecule has 0 aromatic carbocycles. The lowest BCUT2D eigenvalue weighted by Gasteiger charge is -2.21. The van der Waals surface area contributed by atoms with Crippen LogP contribution in [0.4, 0.5) is 0 Å². The maximum atomic E-state index is 11.3. The molecule has 0 saturated heterocycles. The number of allylic oxidation sites excluding steroid dienone is 1. The van der Waals surface area contributed by atoms with Crippen LogP contribution in [0, 0.1) is 5.92 Å². The van der Waals surface area contributed by atoms with Gasteiger partial charge in [0.25, 0.3) is 0 Å². The Labute approximate surface area is 84.1 Å². The van der Waals surface area contributed by atoms with Gasteiger partial charge in [-0.3, -0.25) is 4.79 Å². The molecular formula is C11H16O3. The summed E-state index contributed by atoms with van der Waals surface area (Å²) in [5.41, 5.74) is 0. The molecule has 3 heteroatoms. The number of ketones is 1. The Hall–Kier alpha value is -0.930. The quantitative estimate of drug-likeness (QED) is 0.692. The van der Waals surface area contributed by atoms with Crippen LogP contribution in [0.25, 0.3) is 0 Å². The van der Waals surface area contributed by atoms with Gasteiger partial charge in [0.1, 0.15) is 6.10 Å². The molecule has 0 radical (unpaired) electrons. The number of hydrogen-bond donors (Lipinski definition) is 1. The summed E-state index contributed by atoms with van der Waals surface area (Å²) in [5, 5.41) is 9.14. The van der Waals surface area contributed by atoms with E-state index >= 15 is 0 Å². The van der Waals surface area contributed by atoms with Crippen molar-refractivity contribution in [2.75, 3.05) is 0 Å². The van der Waals surface area contributed by atoms with Gasteiger partial charge >= 0.3 is 0 Å². The molecule has 78 valence electrons. The Morgan fingerprint density at radius 3 is 3.14 bits per heavy atom. The SMILES string of the molecule is C=CC(C)CCC1OC(O)C=CC1=O. The summed E-state index contributed by atoms with van der Waals surface area (Å²) in [4.78, 5) is 11.3. The third kappa shape index (κ3) is 3.09. The van der Waals surface area contributed by atoms with Gasteiger partial charge in [0, 0.05) is 0 Å². The molecule has 0 bridgehead atoms. The monoisotopic (exact) mass is 196 g/mol. The Morgan fingerprint density at radius 1 is 1.79 bits per heavy atom. The summed E-state index contributed by atoms with van der Waals surface area (Å²) in [5.74, 6) is 0.306. The number of rotatable bonds is 4. The number of aliphatic hydroxyl groups is 1. The van der Waals surface area contributed by atoms with Crippen LogP contribution in [-0.4, -0.2) is 23.3 Å². The second kappa shape index (κ2) is 5.08. The molecule has 1 aliphatic heterocycles. The van der Waals surface area contributed by atoms with Crippen molar-refractivity contribution in [2.24, 2.45) is 5.92 Å². The molecule has 3 nitrogen and oxygen atoms in total. The van der Waals surface area contributed by atoms with Gasteiger partial charge in [-0.1, -0.05) is 13.0 Å². The molecule has 14 heavy (non-hydrogen) atoms. The highest BCUT2D eigenvalue weighted by Crippen LogP contribution is 2.16. The summed E-state index contributed by atoms with van der Waals surface area (Å²) in [6.45, 7) is 5.70. The number of carbonyl (C=O) groups excluding carboxylic acids is 1. The third-order valence-electron chi connectivity index (χ3n) is 2.33. The molecule has 0 aliphatic carbocycles. The van der Waals surface area contributed by atoms with E-state index in [4.69, 9.17) is 9.84 Å². The van der Waals surface area contributed by atoms with Crippen LogP contribution < -0.4 is 0 Å². The fraction of sp³-hybridized carbons (Fsp3) is 0.545. The highest BCUT2D eigenvalue weighted by Gasteiger charge is 2.23. The largest absolute Gasteiger partial charge is 0.365 e. The summed E-state index contributed by atoms with van der Waals surface area (Å²) in [7, 11) is 0. The lowest BCUT2D eigenvalue weighted by atomic mass is 10.00. The average molecular weight is 196 g/mol. The number of ether oxygens (including phenoxy) is 1. The minimum Gasteiger partial charge on any atom is -0.365 e. The molecule has 0 fully saturated rings. The van der Waals surface area contributed by atoms with Gasteiger partial charge in [-0.05, 0) is 30.9 Å². The van der Waals surface area contributed by atoms with E-state index in [2.05, 4.69) is 6.58 Å². The van der Waals surface area contributed by atoms with Gasteiger partial charge in [-0.2, -0.15) is 0 Å². The normalized spacial score (nSPS) is 28.9. The lowest BCUT2D eigenvalue weighted by molar-refractivity contribution is -0.149. The molecule has 0 saturated carbocycles. The van der Waals surface area contributed by atoms with E-state index in [1.165, 1.54) is 12.2 Å². The van der Waals surface area contributed by atoms with E-state index < -0.39 is 12.4 Å². The van der Waals surface area contributed by atoms with E-state index in [0.29, 0.717) is 12.3 Å². The average Bonchev–Trinajstić information content (AvgIpc) is 2.19. The zero-order chi connectivity index (χ0) is 10.6. The molecule has 1 rings (SSSR count). The van der Waals surface area contributed by atoms with E-state index in [1.54, 1.807) is 0 Å². The Bertz CT molecular complexity index is 245. The highest BCUT2D eigenvalue weighted by atomic mass is 16.6. The second-order valence-corrected chi connectivity index (χ2v) is 3.57. The Balaban J connectivity index is 2.41. The van der Waals surface area contributed by atoms with Crippen molar-refractivity contribution in [3.63, 3.8) is 0 Å². The predicted molar refractivity (Wildman–Crippen MR) is 53.6 cm³/mol. The molecular weight excluding hydrogens is 180 g/mol. The molecule has 1 heterocycles. The van der Waals surface area contributed by atoms with Gasteiger partial charge in [-0.25, -0.2) is 0 Å². The van der Waals surface area contributed by atoms with Crippen LogP contribution in [0.2, 0.25) is 0 Å². The molecule has 0 aromatic rings. The van der Waals surface area contributed by atoms with E-state index in [0.717, 1.165) is 6.42 Å². The van der Waals surface area contributed by atoms with Crippen LogP contribution in [-0.2, 0) is 9.53 Å². The van der Waals surface area contributed by atoms with Gasteiger partial charge in [0.2, 0.25) is 0 Å². The first-order valence-electron chi connectivity index (χ1n) is 4.81. The first-order chi connectivity index (χ1) is 6.63. The Kier molecular flexibility index (Phi) is 4.04. The summed E-state index contributed by atoms with van der Waals surface area (Å²) in [6.07, 6.45) is 4.65. The summed E-state index contributed by atoms with van der Waals surface area (Å²) < 4.78 is 5.08. The van der Waals surface area contributed by atoms with E-state index in [-0.39, 0.29) is 5.78 Å². The minimum atomic E-state index is -0.934. The second-order valence-electron chi connectivity index (χ2n) is 3.57. The van der Waals surface area contributed by atoms with E-state index in [9.17, 15) is 4.79 Å². The van der Waals surface area contributed by atoms with Crippen molar-refractivity contribution in [1.29, 1.82) is 0 Å². The highest BCUT2D eigenvalue weighted by molar-refractivity contribution is 5.94. The van der Waals surface area contributed by atoms with Crippen LogP contribution in [0.3, 0.4) is 0 Å². The van der Waals surface area contributed by atoms with Crippen LogP contribution in [0.5, 0.6) is 0 Å². The van der Waals surface area contributed by atoms with Gasteiger partial charge < -0.3 is 9.84 Å². The van der Waals surface area contributed by atoms with Gasteiger partial charge in [0.05, 0.1) is 0 Å². The van der Waals surface area contributed by atoms with E-state index in [1.807, 2.05) is 13.0 Å². The number of hydrogen-bond acceptors (Lipinski definition) is 3. The predicted octanol–water partition coefficient (Wildman–Crippen LogP) is 1.43. The van der Waals surface area contributed by atoms with Crippen molar-refractivity contribution in [3.05, 3.63) is 24.8 Å². The van der Waals surface area contributed by atoms with Crippen molar-refractivity contribution >= 4 is 5.78 Å². The third-order valence-corrected chi connectivity index (χ3v) is 2.33. The van der Waals surface area contributed by atoms with Crippen molar-refractivity contribution < 1.29 is 14.6 Å². The standard InChI is InChI=1S/C11H16O3/c1-3-8(2)4-6-10-9(12)5-7-11(13)14-10/h3,5,7-8,10-11,13H,1,4,6H2,2H3. The molecule has 3 atom stereocenters. The maximum absolute atomic E-state index is 11.3. The lowest BCUT2D eigenvalue weighted by Crippen LogP contribution is -2.31. The van der Waals surface area contributed by atoms with Crippen molar-refractivity contribution in [3.8, 4) is 0 Å². The molecule has 0 spiro atoms. The molecule has 0 aromatic heterocycles. The smallest absolute Gasteiger partial charge is 0.184 e. The Morgan fingerprint density at radius 2 is 2.50 bits per heavy atom. The fourth-order valence-electron chi connectivity index (χ4n) is 1.31. The van der Waals surface area contributed by atoms with Crippen molar-refractivity contribution in [2.45, 2.75) is 32.2 Å². The zero-order valence-corrected chi connectivity index (χ0v) is 8.35. The first-order valence-corrected chi connectivity index (χ1v) is 4.81. The van der Waals surface area contributed by atoms with Crippen molar-refractivity contribution in [1.82, 2.24) is 0 Å². The first kappa shape index (κ1) is 11.1. The topological polar surface area (TPSA) is 46.5 Å². The van der Waals surface area contributed by atoms with Gasteiger partial charge in [-0.15, -0.1) is 6.58 Å². The summed E-state index contributed by atoms with van der Waals surface area (Å²) >= 11 is 0. The number of aliphatic hydroxyl groups excluding tert-OH is 1. The van der Waals surface area contributed by atoms with Gasteiger partial charge in [0.15, 0.2) is 12.1 Å². The maximum Gasteiger partial charge on any atom is 0.184 e. The molecule has 1 N–H and O–H groups in total. The zero-order valence-electron chi connectivity index (χ0n) is 8.35. The van der Waals surface area contributed by atoms with Crippen LogP contribution in [0.15, 0.2) is 24.8 Å².